The van der Waals surface area contributed by atoms with Crippen LogP contribution in [0.3, 0.4) is 0 Å². The molecule has 2 N–H and O–H groups in total. The Bertz CT molecular complexity index is 366. The molecule has 0 bridgehead atoms. The second-order valence-corrected chi connectivity index (χ2v) is 4.76. The van der Waals surface area contributed by atoms with Crippen molar-refractivity contribution in [1.82, 2.24) is 5.32 Å². The monoisotopic (exact) mass is 253 g/mol. The summed E-state index contributed by atoms with van der Waals surface area (Å²) in [7, 11) is 3.06. The molecule has 0 heterocycles. The van der Waals surface area contributed by atoms with Gasteiger partial charge < -0.3 is 19.9 Å². The number of phenols is 1. The summed E-state index contributed by atoms with van der Waals surface area (Å²) < 4.78 is 10.2. The molecule has 0 spiro atoms. The number of hydrogen-bond acceptors (Lipinski definition) is 4. The number of aromatic hydroxyl groups is 1. The molecule has 18 heavy (non-hydrogen) atoms. The van der Waals surface area contributed by atoms with Crippen LogP contribution in [0.1, 0.15) is 26.3 Å². The molecular formula is C14H23NO3. The smallest absolute Gasteiger partial charge is 0.200 e. The number of rotatable bonds is 6. The lowest BCUT2D eigenvalue weighted by Crippen LogP contribution is -2.30. The van der Waals surface area contributed by atoms with Gasteiger partial charge in [-0.1, -0.05) is 13.8 Å². The molecule has 1 aromatic rings. The van der Waals surface area contributed by atoms with E-state index in [2.05, 4.69) is 26.1 Å². The second kappa shape index (κ2) is 6.50. The molecule has 0 saturated carbocycles. The Morgan fingerprint density at radius 3 is 2.00 bits per heavy atom. The Morgan fingerprint density at radius 2 is 1.61 bits per heavy atom. The van der Waals surface area contributed by atoms with Gasteiger partial charge in [0.1, 0.15) is 0 Å². The molecule has 1 unspecified atom stereocenters. The van der Waals surface area contributed by atoms with Crippen molar-refractivity contribution in [2.45, 2.75) is 33.4 Å². The van der Waals surface area contributed by atoms with Crippen molar-refractivity contribution in [2.24, 2.45) is 5.92 Å². The second-order valence-electron chi connectivity index (χ2n) is 4.76. The summed E-state index contributed by atoms with van der Waals surface area (Å²) in [6.07, 6.45) is 0. The van der Waals surface area contributed by atoms with Crippen molar-refractivity contribution in [1.29, 1.82) is 0 Å². The van der Waals surface area contributed by atoms with Gasteiger partial charge in [-0.3, -0.25) is 0 Å². The number of ether oxygens (including phenoxy) is 2. The van der Waals surface area contributed by atoms with Crippen LogP contribution in [0, 0.1) is 5.92 Å². The van der Waals surface area contributed by atoms with Gasteiger partial charge in [0.25, 0.3) is 0 Å². The minimum atomic E-state index is 0.0423. The zero-order valence-corrected chi connectivity index (χ0v) is 11.8. The van der Waals surface area contributed by atoms with E-state index in [0.717, 1.165) is 5.56 Å². The molecule has 102 valence electrons. The van der Waals surface area contributed by atoms with Crippen LogP contribution in [0.4, 0.5) is 0 Å². The van der Waals surface area contributed by atoms with Gasteiger partial charge in [-0.05, 0) is 30.5 Å². The van der Waals surface area contributed by atoms with E-state index in [0.29, 0.717) is 30.0 Å². The third-order valence-corrected chi connectivity index (χ3v) is 3.17. The average molecular weight is 253 g/mol. The van der Waals surface area contributed by atoms with E-state index in [1.54, 1.807) is 0 Å². The van der Waals surface area contributed by atoms with Crippen molar-refractivity contribution in [3.05, 3.63) is 17.7 Å². The van der Waals surface area contributed by atoms with Crippen LogP contribution in [0.15, 0.2) is 12.1 Å². The lowest BCUT2D eigenvalue weighted by Gasteiger charge is -2.18. The Morgan fingerprint density at radius 1 is 1.11 bits per heavy atom. The number of methoxy groups -OCH3 is 2. The molecule has 1 rings (SSSR count). The Kier molecular flexibility index (Phi) is 5.28. The lowest BCUT2D eigenvalue weighted by atomic mass is 10.1. The summed E-state index contributed by atoms with van der Waals surface area (Å²) in [6, 6.07) is 4.06. The van der Waals surface area contributed by atoms with Gasteiger partial charge >= 0.3 is 0 Å². The van der Waals surface area contributed by atoms with Crippen molar-refractivity contribution in [3.8, 4) is 17.2 Å². The lowest BCUT2D eigenvalue weighted by molar-refractivity contribution is 0.338. The highest BCUT2D eigenvalue weighted by atomic mass is 16.5. The average Bonchev–Trinajstić information content (AvgIpc) is 2.36. The van der Waals surface area contributed by atoms with Gasteiger partial charge in [-0.25, -0.2) is 0 Å². The molecular weight excluding hydrogens is 230 g/mol. The Balaban J connectivity index is 2.83. The maximum atomic E-state index is 9.81. The van der Waals surface area contributed by atoms with Crippen LogP contribution >= 0.6 is 0 Å². The van der Waals surface area contributed by atoms with E-state index in [1.807, 2.05) is 12.1 Å². The first kappa shape index (κ1) is 14.6. The summed E-state index contributed by atoms with van der Waals surface area (Å²) in [6.45, 7) is 7.22. The fourth-order valence-corrected chi connectivity index (χ4v) is 1.56. The maximum Gasteiger partial charge on any atom is 0.200 e. The zero-order valence-electron chi connectivity index (χ0n) is 11.8. The largest absolute Gasteiger partial charge is 0.502 e. The Hall–Kier alpha value is -1.42. The predicted molar refractivity (Wildman–Crippen MR) is 72.4 cm³/mol. The molecule has 0 aliphatic rings. The van der Waals surface area contributed by atoms with Gasteiger partial charge in [-0.2, -0.15) is 0 Å². The first-order chi connectivity index (χ1) is 8.49. The van der Waals surface area contributed by atoms with Crippen LogP contribution in [0.2, 0.25) is 0 Å². The first-order valence-electron chi connectivity index (χ1n) is 6.16. The molecule has 1 aromatic carbocycles. The minimum absolute atomic E-state index is 0.0423. The van der Waals surface area contributed by atoms with Crippen LogP contribution in [-0.2, 0) is 6.54 Å². The third-order valence-electron chi connectivity index (χ3n) is 3.17. The van der Waals surface area contributed by atoms with E-state index >= 15 is 0 Å². The van der Waals surface area contributed by atoms with Crippen molar-refractivity contribution < 1.29 is 14.6 Å². The highest BCUT2D eigenvalue weighted by Crippen LogP contribution is 2.37. The minimum Gasteiger partial charge on any atom is -0.502 e. The van der Waals surface area contributed by atoms with Crippen LogP contribution < -0.4 is 14.8 Å². The van der Waals surface area contributed by atoms with Gasteiger partial charge in [-0.15, -0.1) is 0 Å². The number of hydrogen-bond donors (Lipinski definition) is 2. The molecule has 0 saturated heterocycles. The predicted octanol–water partition coefficient (Wildman–Crippen LogP) is 2.54. The van der Waals surface area contributed by atoms with Crippen LogP contribution in [0.25, 0.3) is 0 Å². The van der Waals surface area contributed by atoms with E-state index < -0.39 is 0 Å². The molecule has 4 nitrogen and oxygen atoms in total. The van der Waals surface area contributed by atoms with E-state index in [9.17, 15) is 5.11 Å². The number of benzene rings is 1. The normalized spacial score (nSPS) is 12.6. The van der Waals surface area contributed by atoms with E-state index in [-0.39, 0.29) is 5.75 Å². The fraction of sp³-hybridized carbons (Fsp3) is 0.571. The molecule has 0 amide bonds. The highest BCUT2D eigenvalue weighted by molar-refractivity contribution is 5.52. The Labute approximate surface area is 109 Å². The number of nitrogens with one attached hydrogen (secondary N) is 1. The van der Waals surface area contributed by atoms with E-state index in [4.69, 9.17) is 9.47 Å². The zero-order chi connectivity index (χ0) is 13.7. The summed E-state index contributed by atoms with van der Waals surface area (Å²) in [4.78, 5) is 0. The third kappa shape index (κ3) is 3.53. The quantitative estimate of drug-likeness (QED) is 0.818. The van der Waals surface area contributed by atoms with Gasteiger partial charge in [0, 0.05) is 12.6 Å². The maximum absolute atomic E-state index is 9.81. The summed E-state index contributed by atoms with van der Waals surface area (Å²) in [5, 5.41) is 13.2. The van der Waals surface area contributed by atoms with Crippen LogP contribution in [0.5, 0.6) is 17.2 Å². The van der Waals surface area contributed by atoms with E-state index in [1.165, 1.54) is 14.2 Å². The van der Waals surface area contributed by atoms with Crippen molar-refractivity contribution >= 4 is 0 Å². The molecule has 1 atom stereocenters. The molecule has 0 aliphatic carbocycles. The van der Waals surface area contributed by atoms with Crippen molar-refractivity contribution in [3.63, 3.8) is 0 Å². The first-order valence-corrected chi connectivity index (χ1v) is 6.16. The fourth-order valence-electron chi connectivity index (χ4n) is 1.56. The van der Waals surface area contributed by atoms with Crippen LogP contribution in [-0.4, -0.2) is 25.4 Å². The molecule has 0 radical (unpaired) electrons. The van der Waals surface area contributed by atoms with Gasteiger partial charge in [0.05, 0.1) is 14.2 Å². The molecule has 0 aliphatic heterocycles. The molecule has 0 fully saturated rings. The summed E-state index contributed by atoms with van der Waals surface area (Å²) >= 11 is 0. The van der Waals surface area contributed by atoms with Gasteiger partial charge in [0.2, 0.25) is 5.75 Å². The van der Waals surface area contributed by atoms with Gasteiger partial charge in [0.15, 0.2) is 11.5 Å². The summed E-state index contributed by atoms with van der Waals surface area (Å²) in [5.74, 6) is 1.48. The SMILES string of the molecule is COc1cc(CNC(C)C(C)C)cc(OC)c1O. The standard InChI is InChI=1S/C14H23NO3/c1-9(2)10(3)15-8-11-6-12(17-4)14(16)13(7-11)18-5/h6-7,9-10,15-16H,8H2,1-5H3. The molecule has 0 aromatic heterocycles. The highest BCUT2D eigenvalue weighted by Gasteiger charge is 2.12. The summed E-state index contributed by atoms with van der Waals surface area (Å²) in [5.41, 5.74) is 1.02. The van der Waals surface area contributed by atoms with Crippen molar-refractivity contribution in [2.75, 3.05) is 14.2 Å². The topological polar surface area (TPSA) is 50.7 Å². The number of phenolic OH excluding ortho intramolecular Hbond substituents is 1. The molecule has 4 heteroatoms.